The van der Waals surface area contributed by atoms with Gasteiger partial charge < -0.3 is 10.1 Å². The van der Waals surface area contributed by atoms with Gasteiger partial charge in [0, 0.05) is 6.04 Å². The Morgan fingerprint density at radius 1 is 1.14 bits per heavy atom. The maximum absolute atomic E-state index is 11.6. The molecule has 1 rings (SSSR count). The van der Waals surface area contributed by atoms with E-state index in [1.807, 2.05) is 31.2 Å². The molecule has 0 spiro atoms. The van der Waals surface area contributed by atoms with Crippen molar-refractivity contribution >= 4 is 17.9 Å². The van der Waals surface area contributed by atoms with Gasteiger partial charge in [0.15, 0.2) is 6.61 Å². The highest BCUT2D eigenvalue weighted by atomic mass is 16.5. The monoisotopic (exact) mass is 292 g/mol. The number of carbonyl (C=O) groups excluding carboxylic acids is 3. The molecule has 0 heterocycles. The Balaban J connectivity index is 2.31. The summed E-state index contributed by atoms with van der Waals surface area (Å²) >= 11 is 0. The maximum Gasteiger partial charge on any atom is 0.321 e. The summed E-state index contributed by atoms with van der Waals surface area (Å²) < 4.78 is 4.81. The molecule has 0 saturated carbocycles. The van der Waals surface area contributed by atoms with E-state index in [2.05, 4.69) is 10.6 Å². The largest absolute Gasteiger partial charge is 0.455 e. The van der Waals surface area contributed by atoms with Crippen molar-refractivity contribution in [1.82, 2.24) is 10.6 Å². The van der Waals surface area contributed by atoms with Crippen molar-refractivity contribution in [3.63, 3.8) is 0 Å². The third-order valence-corrected chi connectivity index (χ3v) is 2.51. The summed E-state index contributed by atoms with van der Waals surface area (Å²) in [6.45, 7) is 5.02. The molecule has 0 aliphatic heterocycles. The third kappa shape index (κ3) is 7.10. The van der Waals surface area contributed by atoms with Crippen LogP contribution in [0.3, 0.4) is 0 Å². The van der Waals surface area contributed by atoms with Gasteiger partial charge in [0.1, 0.15) is 0 Å². The third-order valence-electron chi connectivity index (χ3n) is 2.51. The summed E-state index contributed by atoms with van der Waals surface area (Å²) in [5.74, 6) is -1.18. The van der Waals surface area contributed by atoms with E-state index < -0.39 is 24.5 Å². The van der Waals surface area contributed by atoms with Gasteiger partial charge in [0.2, 0.25) is 0 Å². The second-order valence-corrected chi connectivity index (χ2v) is 5.00. The summed E-state index contributed by atoms with van der Waals surface area (Å²) in [6.07, 6.45) is 0.0890. The normalized spacial score (nSPS) is 10.1. The number of carbonyl (C=O) groups is 3. The van der Waals surface area contributed by atoms with Crippen LogP contribution in [0.2, 0.25) is 0 Å². The van der Waals surface area contributed by atoms with Gasteiger partial charge in [-0.1, -0.05) is 29.8 Å². The van der Waals surface area contributed by atoms with Gasteiger partial charge in [-0.3, -0.25) is 14.9 Å². The highest BCUT2D eigenvalue weighted by Gasteiger charge is 2.11. The first-order valence-corrected chi connectivity index (χ1v) is 6.68. The van der Waals surface area contributed by atoms with Crippen LogP contribution in [0.5, 0.6) is 0 Å². The Kier molecular flexibility index (Phi) is 6.39. The van der Waals surface area contributed by atoms with E-state index in [0.29, 0.717) is 0 Å². The molecule has 0 aromatic heterocycles. The maximum atomic E-state index is 11.6. The van der Waals surface area contributed by atoms with Crippen LogP contribution >= 0.6 is 0 Å². The van der Waals surface area contributed by atoms with Crippen molar-refractivity contribution in [3.05, 3.63) is 35.4 Å². The molecule has 1 aromatic carbocycles. The number of hydrogen-bond donors (Lipinski definition) is 2. The Bertz CT molecular complexity index is 509. The van der Waals surface area contributed by atoms with Gasteiger partial charge in [-0.2, -0.15) is 0 Å². The molecule has 0 unspecified atom stereocenters. The molecular weight excluding hydrogens is 272 g/mol. The average Bonchev–Trinajstić information content (AvgIpc) is 2.38. The number of urea groups is 1. The van der Waals surface area contributed by atoms with Crippen molar-refractivity contribution in [2.45, 2.75) is 33.2 Å². The van der Waals surface area contributed by atoms with Gasteiger partial charge in [-0.25, -0.2) is 4.79 Å². The number of amides is 3. The summed E-state index contributed by atoms with van der Waals surface area (Å²) in [5.41, 5.74) is 1.91. The molecule has 0 bridgehead atoms. The van der Waals surface area contributed by atoms with Crippen LogP contribution in [-0.2, 0) is 20.7 Å². The van der Waals surface area contributed by atoms with E-state index >= 15 is 0 Å². The van der Waals surface area contributed by atoms with Crippen LogP contribution < -0.4 is 10.6 Å². The highest BCUT2D eigenvalue weighted by Crippen LogP contribution is 2.04. The standard InChI is InChI=1S/C15H20N2O4/c1-10(2)16-15(20)17-13(18)9-21-14(19)8-12-6-4-11(3)5-7-12/h4-7,10H,8-9H2,1-3H3,(H2,16,17,18,20). The second-order valence-electron chi connectivity index (χ2n) is 5.00. The van der Waals surface area contributed by atoms with E-state index in [9.17, 15) is 14.4 Å². The zero-order valence-electron chi connectivity index (χ0n) is 12.4. The number of ether oxygens (including phenoxy) is 1. The molecule has 0 saturated heterocycles. The van der Waals surface area contributed by atoms with Crippen molar-refractivity contribution in [3.8, 4) is 0 Å². The molecule has 114 valence electrons. The Labute approximate surface area is 123 Å². The molecular formula is C15H20N2O4. The number of benzene rings is 1. The predicted octanol–water partition coefficient (Wildman–Crippen LogP) is 1.31. The lowest BCUT2D eigenvalue weighted by Gasteiger charge is -2.09. The molecule has 21 heavy (non-hydrogen) atoms. The number of aryl methyl sites for hydroxylation is 1. The van der Waals surface area contributed by atoms with Crippen LogP contribution in [0.25, 0.3) is 0 Å². The van der Waals surface area contributed by atoms with Gasteiger partial charge >= 0.3 is 12.0 Å². The van der Waals surface area contributed by atoms with Crippen LogP contribution in [0, 0.1) is 6.92 Å². The lowest BCUT2D eigenvalue weighted by molar-refractivity contribution is -0.147. The summed E-state index contributed by atoms with van der Waals surface area (Å²) in [5, 5.41) is 4.57. The quantitative estimate of drug-likeness (QED) is 0.801. The van der Waals surface area contributed by atoms with E-state index in [0.717, 1.165) is 11.1 Å². The minimum Gasteiger partial charge on any atom is -0.455 e. The lowest BCUT2D eigenvalue weighted by Crippen LogP contribution is -2.44. The molecule has 6 heteroatoms. The molecule has 0 atom stereocenters. The lowest BCUT2D eigenvalue weighted by atomic mass is 10.1. The fourth-order valence-electron chi connectivity index (χ4n) is 1.53. The van der Waals surface area contributed by atoms with Gasteiger partial charge in [0.25, 0.3) is 5.91 Å². The first-order valence-electron chi connectivity index (χ1n) is 6.68. The molecule has 0 aliphatic carbocycles. The molecule has 0 fully saturated rings. The molecule has 2 N–H and O–H groups in total. The van der Waals surface area contributed by atoms with Gasteiger partial charge in [-0.15, -0.1) is 0 Å². The summed E-state index contributed by atoms with van der Waals surface area (Å²) in [6, 6.07) is 6.75. The van der Waals surface area contributed by atoms with Crippen LogP contribution in [0.1, 0.15) is 25.0 Å². The topological polar surface area (TPSA) is 84.5 Å². The Morgan fingerprint density at radius 3 is 2.33 bits per heavy atom. The number of nitrogens with one attached hydrogen (secondary N) is 2. The van der Waals surface area contributed by atoms with Crippen LogP contribution in [0.4, 0.5) is 4.79 Å². The van der Waals surface area contributed by atoms with Gasteiger partial charge in [0.05, 0.1) is 6.42 Å². The second kappa shape index (κ2) is 8.04. The number of esters is 1. The van der Waals surface area contributed by atoms with Crippen molar-refractivity contribution in [2.75, 3.05) is 6.61 Å². The minimum atomic E-state index is -0.662. The van der Waals surface area contributed by atoms with E-state index in [1.165, 1.54) is 0 Å². The number of rotatable bonds is 5. The Morgan fingerprint density at radius 2 is 1.76 bits per heavy atom. The summed E-state index contributed by atoms with van der Waals surface area (Å²) in [4.78, 5) is 34.2. The smallest absolute Gasteiger partial charge is 0.321 e. The number of imide groups is 1. The molecule has 6 nitrogen and oxygen atoms in total. The fraction of sp³-hybridized carbons (Fsp3) is 0.400. The zero-order chi connectivity index (χ0) is 15.8. The molecule has 0 radical (unpaired) electrons. The predicted molar refractivity (Wildman–Crippen MR) is 77.7 cm³/mol. The summed E-state index contributed by atoms with van der Waals surface area (Å²) in [7, 11) is 0. The van der Waals surface area contributed by atoms with Crippen LogP contribution in [-0.4, -0.2) is 30.6 Å². The molecule has 1 aromatic rings. The van der Waals surface area contributed by atoms with Crippen molar-refractivity contribution in [1.29, 1.82) is 0 Å². The highest BCUT2D eigenvalue weighted by molar-refractivity contribution is 5.95. The SMILES string of the molecule is Cc1ccc(CC(=O)OCC(=O)NC(=O)NC(C)C)cc1. The van der Waals surface area contributed by atoms with E-state index in [1.54, 1.807) is 13.8 Å². The fourth-order valence-corrected chi connectivity index (χ4v) is 1.53. The van der Waals surface area contributed by atoms with E-state index in [4.69, 9.17) is 4.74 Å². The first-order chi connectivity index (χ1) is 9.86. The minimum absolute atomic E-state index is 0.0816. The van der Waals surface area contributed by atoms with Crippen molar-refractivity contribution in [2.24, 2.45) is 0 Å². The number of hydrogen-bond acceptors (Lipinski definition) is 4. The molecule has 0 aliphatic rings. The van der Waals surface area contributed by atoms with E-state index in [-0.39, 0.29) is 12.5 Å². The first kappa shape index (κ1) is 16.7. The van der Waals surface area contributed by atoms with Crippen LogP contribution in [0.15, 0.2) is 24.3 Å². The zero-order valence-corrected chi connectivity index (χ0v) is 12.4. The molecule has 3 amide bonds. The van der Waals surface area contributed by atoms with Gasteiger partial charge in [-0.05, 0) is 26.3 Å². The van der Waals surface area contributed by atoms with Crippen molar-refractivity contribution < 1.29 is 19.1 Å². The average molecular weight is 292 g/mol. The Hall–Kier alpha value is -2.37.